The molecule has 2 N–H and O–H groups in total. The number of aromatic amines is 1. The van der Waals surface area contributed by atoms with Crippen LogP contribution in [0.4, 0.5) is 5.69 Å². The van der Waals surface area contributed by atoms with Gasteiger partial charge >= 0.3 is 5.97 Å². The Bertz CT molecular complexity index is 777. The Kier molecular flexibility index (Phi) is 6.02. The highest BCUT2D eigenvalue weighted by Gasteiger charge is 2.25. The van der Waals surface area contributed by atoms with Crippen molar-refractivity contribution >= 4 is 17.4 Å². The number of Topliss-reactive ketones (excluding diaryl/α,β-unsaturated/α-hetero) is 1. The van der Waals surface area contributed by atoms with Gasteiger partial charge in [0.25, 0.3) is 0 Å². The van der Waals surface area contributed by atoms with Crippen molar-refractivity contribution in [1.82, 2.24) is 4.98 Å². The summed E-state index contributed by atoms with van der Waals surface area (Å²) in [6.45, 7) is 9.53. The highest BCUT2D eigenvalue weighted by atomic mass is 16.5. The summed E-state index contributed by atoms with van der Waals surface area (Å²) >= 11 is 0. The van der Waals surface area contributed by atoms with Crippen LogP contribution in [0.1, 0.15) is 58.4 Å². The van der Waals surface area contributed by atoms with Crippen molar-refractivity contribution in [2.75, 3.05) is 11.9 Å². The minimum Gasteiger partial charge on any atom is -0.462 e. The molecule has 0 aliphatic carbocycles. The minimum atomic E-state index is -0.417. The number of hydrogen-bond acceptors (Lipinski definition) is 4. The van der Waals surface area contributed by atoms with Gasteiger partial charge in [0, 0.05) is 11.4 Å². The summed E-state index contributed by atoms with van der Waals surface area (Å²) in [7, 11) is 0. The maximum atomic E-state index is 12.9. The first kappa shape index (κ1) is 18.8. The zero-order valence-electron chi connectivity index (χ0n) is 15.5. The van der Waals surface area contributed by atoms with Crippen molar-refractivity contribution in [3.63, 3.8) is 0 Å². The molecule has 0 aliphatic rings. The quantitative estimate of drug-likeness (QED) is 0.588. The minimum absolute atomic E-state index is 0.0814. The van der Waals surface area contributed by atoms with Crippen LogP contribution in [0.2, 0.25) is 0 Å². The summed E-state index contributed by atoms with van der Waals surface area (Å²) in [5.41, 5.74) is 4.31. The van der Waals surface area contributed by atoms with Crippen LogP contribution < -0.4 is 5.32 Å². The first-order chi connectivity index (χ1) is 11.9. The molecular formula is C20H26N2O3. The van der Waals surface area contributed by atoms with Gasteiger partial charge in [-0.1, -0.05) is 25.1 Å². The molecular weight excluding hydrogens is 316 g/mol. The highest BCUT2D eigenvalue weighted by Crippen LogP contribution is 2.22. The lowest BCUT2D eigenvalue weighted by molar-refractivity contribution is 0.0525. The second-order valence-corrected chi connectivity index (χ2v) is 6.09. The normalized spacial score (nSPS) is 11.9. The molecule has 0 spiro atoms. The van der Waals surface area contributed by atoms with Gasteiger partial charge in [-0.25, -0.2) is 4.79 Å². The van der Waals surface area contributed by atoms with E-state index in [0.717, 1.165) is 17.7 Å². The average molecular weight is 342 g/mol. The third-order valence-electron chi connectivity index (χ3n) is 4.33. The van der Waals surface area contributed by atoms with E-state index in [0.29, 0.717) is 29.1 Å². The van der Waals surface area contributed by atoms with Crippen LogP contribution in [-0.4, -0.2) is 29.4 Å². The number of anilines is 1. The lowest BCUT2D eigenvalue weighted by atomic mass is 10.0. The Morgan fingerprint density at radius 2 is 1.88 bits per heavy atom. The Labute approximate surface area is 148 Å². The van der Waals surface area contributed by atoms with E-state index < -0.39 is 12.0 Å². The standard InChI is InChI=1S/C20H26N2O3/c1-6-15-10-8-9-11-16(15)21-14(5)19(23)18-12(3)17(13(4)22-18)20(24)25-7-2/h8-11,14,21-22H,6-7H2,1-5H3/t14-/m0/s1. The first-order valence-electron chi connectivity index (χ1n) is 8.65. The van der Waals surface area contributed by atoms with Crippen LogP contribution >= 0.6 is 0 Å². The Hall–Kier alpha value is -2.56. The van der Waals surface area contributed by atoms with E-state index in [1.807, 2.05) is 31.2 Å². The number of ketones is 1. The van der Waals surface area contributed by atoms with Crippen LogP contribution in [0.3, 0.4) is 0 Å². The van der Waals surface area contributed by atoms with E-state index in [9.17, 15) is 9.59 Å². The maximum absolute atomic E-state index is 12.9. The maximum Gasteiger partial charge on any atom is 0.340 e. The van der Waals surface area contributed by atoms with Gasteiger partial charge in [-0.3, -0.25) is 4.79 Å². The summed E-state index contributed by atoms with van der Waals surface area (Å²) in [6, 6.07) is 7.53. The number of aryl methyl sites for hydroxylation is 2. The van der Waals surface area contributed by atoms with Crippen molar-refractivity contribution in [1.29, 1.82) is 0 Å². The zero-order chi connectivity index (χ0) is 18.6. The van der Waals surface area contributed by atoms with E-state index in [2.05, 4.69) is 17.2 Å². The third-order valence-corrected chi connectivity index (χ3v) is 4.33. The van der Waals surface area contributed by atoms with Gasteiger partial charge in [0.15, 0.2) is 0 Å². The summed E-state index contributed by atoms with van der Waals surface area (Å²) in [5, 5.41) is 3.28. The molecule has 1 aromatic heterocycles. The van der Waals surface area contributed by atoms with E-state index in [1.165, 1.54) is 0 Å². The SMILES string of the molecule is CCOC(=O)c1c(C)[nH]c(C(=O)[C@H](C)Nc2ccccc2CC)c1C. The van der Waals surface area contributed by atoms with Crippen molar-refractivity contribution in [3.05, 3.63) is 52.3 Å². The number of benzene rings is 1. The number of H-pyrrole nitrogens is 1. The molecule has 0 bridgehead atoms. The van der Waals surface area contributed by atoms with Crippen LogP contribution in [-0.2, 0) is 11.2 Å². The number of aromatic nitrogens is 1. The summed E-state index contributed by atoms with van der Waals surface area (Å²) in [6.07, 6.45) is 0.887. The molecule has 0 saturated carbocycles. The molecule has 1 heterocycles. The fourth-order valence-electron chi connectivity index (χ4n) is 2.99. The largest absolute Gasteiger partial charge is 0.462 e. The third kappa shape index (κ3) is 3.92. The number of carbonyl (C=O) groups excluding carboxylic acids is 2. The van der Waals surface area contributed by atoms with Gasteiger partial charge in [0.2, 0.25) is 5.78 Å². The van der Waals surface area contributed by atoms with Gasteiger partial charge < -0.3 is 15.0 Å². The lowest BCUT2D eigenvalue weighted by Crippen LogP contribution is -2.27. The molecule has 0 unspecified atom stereocenters. The molecule has 25 heavy (non-hydrogen) atoms. The van der Waals surface area contributed by atoms with E-state index in [-0.39, 0.29) is 5.78 Å². The Morgan fingerprint density at radius 3 is 2.52 bits per heavy atom. The van der Waals surface area contributed by atoms with Crippen LogP contribution in [0.15, 0.2) is 24.3 Å². The van der Waals surface area contributed by atoms with E-state index >= 15 is 0 Å². The van der Waals surface area contributed by atoms with Crippen molar-refractivity contribution in [2.45, 2.75) is 47.1 Å². The number of hydrogen-bond donors (Lipinski definition) is 2. The predicted octanol–water partition coefficient (Wildman–Crippen LogP) is 4.05. The van der Waals surface area contributed by atoms with Gasteiger partial charge in [-0.05, 0) is 51.3 Å². The number of rotatable bonds is 7. The average Bonchev–Trinajstić information content (AvgIpc) is 2.89. The molecule has 0 fully saturated rings. The second-order valence-electron chi connectivity index (χ2n) is 6.09. The molecule has 5 heteroatoms. The van der Waals surface area contributed by atoms with Crippen LogP contribution in [0, 0.1) is 13.8 Å². The summed E-state index contributed by atoms with van der Waals surface area (Å²) < 4.78 is 5.08. The smallest absolute Gasteiger partial charge is 0.340 e. The van der Waals surface area contributed by atoms with E-state index in [1.54, 1.807) is 20.8 Å². The van der Waals surface area contributed by atoms with Crippen LogP contribution in [0.25, 0.3) is 0 Å². The Morgan fingerprint density at radius 1 is 1.20 bits per heavy atom. The molecule has 2 rings (SSSR count). The van der Waals surface area contributed by atoms with Gasteiger partial charge in [-0.2, -0.15) is 0 Å². The fourth-order valence-corrected chi connectivity index (χ4v) is 2.99. The number of carbonyl (C=O) groups is 2. The molecule has 0 saturated heterocycles. The van der Waals surface area contributed by atoms with Gasteiger partial charge in [0.05, 0.1) is 23.9 Å². The van der Waals surface area contributed by atoms with Crippen molar-refractivity contribution in [3.8, 4) is 0 Å². The topological polar surface area (TPSA) is 71.2 Å². The predicted molar refractivity (Wildman–Crippen MR) is 99.5 cm³/mol. The second kappa shape index (κ2) is 8.01. The zero-order valence-corrected chi connectivity index (χ0v) is 15.5. The number of nitrogens with one attached hydrogen (secondary N) is 2. The molecule has 1 aromatic carbocycles. The molecule has 2 aromatic rings. The molecule has 1 atom stereocenters. The lowest BCUT2D eigenvalue weighted by Gasteiger charge is -2.16. The van der Waals surface area contributed by atoms with Crippen molar-refractivity contribution < 1.29 is 14.3 Å². The molecule has 134 valence electrons. The Balaban J connectivity index is 2.25. The highest BCUT2D eigenvalue weighted by molar-refractivity contribution is 6.04. The summed E-state index contributed by atoms with van der Waals surface area (Å²) in [4.78, 5) is 28.0. The molecule has 5 nitrogen and oxygen atoms in total. The van der Waals surface area contributed by atoms with Gasteiger partial charge in [-0.15, -0.1) is 0 Å². The number of esters is 1. The first-order valence-corrected chi connectivity index (χ1v) is 8.65. The number of para-hydroxylation sites is 1. The summed E-state index contributed by atoms with van der Waals surface area (Å²) in [5.74, 6) is -0.480. The van der Waals surface area contributed by atoms with Gasteiger partial charge in [0.1, 0.15) is 0 Å². The molecule has 0 aliphatic heterocycles. The van der Waals surface area contributed by atoms with E-state index in [4.69, 9.17) is 4.74 Å². The molecule has 0 amide bonds. The molecule has 0 radical (unpaired) electrons. The number of ether oxygens (including phenoxy) is 1. The van der Waals surface area contributed by atoms with Crippen molar-refractivity contribution in [2.24, 2.45) is 0 Å². The fraction of sp³-hybridized carbons (Fsp3) is 0.400. The van der Waals surface area contributed by atoms with Crippen LogP contribution in [0.5, 0.6) is 0 Å². The monoisotopic (exact) mass is 342 g/mol.